The van der Waals surface area contributed by atoms with E-state index in [1.54, 1.807) is 0 Å². The van der Waals surface area contributed by atoms with E-state index >= 15 is 0 Å². The van der Waals surface area contributed by atoms with Crippen LogP contribution in [0.2, 0.25) is 0 Å². The van der Waals surface area contributed by atoms with Crippen molar-refractivity contribution in [3.8, 4) is 6.07 Å². The summed E-state index contributed by atoms with van der Waals surface area (Å²) in [7, 11) is 0. The van der Waals surface area contributed by atoms with Crippen LogP contribution in [0.15, 0.2) is 30.3 Å². The molecule has 1 saturated heterocycles. The minimum atomic E-state index is 0.136. The Balaban J connectivity index is 2.10. The van der Waals surface area contributed by atoms with Gasteiger partial charge in [-0.2, -0.15) is 5.26 Å². The largest absolute Gasteiger partial charge is 0.295 e. The number of nitrogens with zero attached hydrogens (tertiary/aromatic N) is 2. The summed E-state index contributed by atoms with van der Waals surface area (Å²) in [5.41, 5.74) is 1.50. The zero-order valence-electron chi connectivity index (χ0n) is 11.6. The first-order valence-electron chi connectivity index (χ1n) is 6.73. The average Bonchev–Trinajstić information content (AvgIpc) is 2.39. The van der Waals surface area contributed by atoms with Crippen molar-refractivity contribution >= 4 is 0 Å². The van der Waals surface area contributed by atoms with Crippen LogP contribution in [-0.4, -0.2) is 18.0 Å². The van der Waals surface area contributed by atoms with Crippen LogP contribution in [0.5, 0.6) is 0 Å². The second kappa shape index (κ2) is 5.12. The average molecular weight is 242 g/mol. The van der Waals surface area contributed by atoms with E-state index in [0.717, 1.165) is 19.5 Å². The third-order valence-electron chi connectivity index (χ3n) is 4.39. The summed E-state index contributed by atoms with van der Waals surface area (Å²) >= 11 is 0. The molecule has 0 spiro atoms. The molecular weight excluding hydrogens is 220 g/mol. The number of nitriles is 1. The maximum atomic E-state index is 9.32. The lowest BCUT2D eigenvalue weighted by Gasteiger charge is -2.43. The lowest BCUT2D eigenvalue weighted by Crippen LogP contribution is -2.45. The number of piperidine rings is 1. The zero-order valence-corrected chi connectivity index (χ0v) is 11.6. The fourth-order valence-corrected chi connectivity index (χ4v) is 2.69. The lowest BCUT2D eigenvalue weighted by molar-refractivity contribution is 0.0646. The SMILES string of the molecule is CC(c1ccccc1)N1CCC(C)(C)C(C#N)C1. The molecule has 0 aromatic heterocycles. The van der Waals surface area contributed by atoms with Crippen molar-refractivity contribution in [2.75, 3.05) is 13.1 Å². The highest BCUT2D eigenvalue weighted by atomic mass is 15.2. The van der Waals surface area contributed by atoms with E-state index in [1.807, 2.05) is 6.07 Å². The van der Waals surface area contributed by atoms with E-state index in [9.17, 15) is 5.26 Å². The van der Waals surface area contributed by atoms with Crippen LogP contribution >= 0.6 is 0 Å². The summed E-state index contributed by atoms with van der Waals surface area (Å²) < 4.78 is 0. The van der Waals surface area contributed by atoms with E-state index < -0.39 is 0 Å². The minimum Gasteiger partial charge on any atom is -0.295 e. The fourth-order valence-electron chi connectivity index (χ4n) is 2.69. The van der Waals surface area contributed by atoms with Gasteiger partial charge in [-0.25, -0.2) is 0 Å². The predicted octanol–water partition coefficient (Wildman–Crippen LogP) is 3.62. The van der Waals surface area contributed by atoms with Crippen LogP contribution in [0.4, 0.5) is 0 Å². The molecule has 0 radical (unpaired) electrons. The van der Waals surface area contributed by atoms with E-state index in [0.29, 0.717) is 6.04 Å². The van der Waals surface area contributed by atoms with Gasteiger partial charge in [0.25, 0.3) is 0 Å². The summed E-state index contributed by atoms with van der Waals surface area (Å²) in [5, 5.41) is 9.32. The molecule has 0 amide bonds. The Morgan fingerprint density at radius 2 is 2.00 bits per heavy atom. The van der Waals surface area contributed by atoms with Crippen LogP contribution in [0, 0.1) is 22.7 Å². The molecule has 0 N–H and O–H groups in total. The Labute approximate surface area is 110 Å². The topological polar surface area (TPSA) is 27.0 Å². The number of likely N-dealkylation sites (tertiary alicyclic amines) is 1. The summed E-state index contributed by atoms with van der Waals surface area (Å²) in [6.07, 6.45) is 1.10. The van der Waals surface area contributed by atoms with Crippen LogP contribution in [-0.2, 0) is 0 Å². The van der Waals surface area contributed by atoms with E-state index in [1.165, 1.54) is 5.56 Å². The molecule has 2 nitrogen and oxygen atoms in total. The molecule has 1 aliphatic rings. The van der Waals surface area contributed by atoms with Crippen LogP contribution < -0.4 is 0 Å². The third kappa shape index (κ3) is 2.57. The number of hydrogen-bond donors (Lipinski definition) is 0. The standard InChI is InChI=1S/C16H22N2/c1-13(14-7-5-4-6-8-14)18-10-9-16(2,3)15(11-17)12-18/h4-8,13,15H,9-10,12H2,1-3H3. The summed E-state index contributed by atoms with van der Waals surface area (Å²) in [5.74, 6) is 0.136. The Morgan fingerprint density at radius 3 is 2.61 bits per heavy atom. The molecule has 0 bridgehead atoms. The Morgan fingerprint density at radius 1 is 1.33 bits per heavy atom. The summed E-state index contributed by atoms with van der Waals surface area (Å²) in [4.78, 5) is 2.44. The highest BCUT2D eigenvalue weighted by Gasteiger charge is 2.37. The first-order chi connectivity index (χ1) is 8.54. The molecule has 1 heterocycles. The Bertz CT molecular complexity index is 430. The first-order valence-corrected chi connectivity index (χ1v) is 6.73. The highest BCUT2D eigenvalue weighted by molar-refractivity contribution is 5.18. The van der Waals surface area contributed by atoms with Crippen molar-refractivity contribution in [3.05, 3.63) is 35.9 Å². The fraction of sp³-hybridized carbons (Fsp3) is 0.562. The van der Waals surface area contributed by atoms with Gasteiger partial charge >= 0.3 is 0 Å². The van der Waals surface area contributed by atoms with E-state index in [4.69, 9.17) is 0 Å². The summed E-state index contributed by atoms with van der Waals surface area (Å²) in [6, 6.07) is 13.5. The first kappa shape index (κ1) is 13.1. The van der Waals surface area contributed by atoms with Gasteiger partial charge in [0.2, 0.25) is 0 Å². The maximum absolute atomic E-state index is 9.32. The van der Waals surface area contributed by atoms with Crippen LogP contribution in [0.1, 0.15) is 38.8 Å². The second-order valence-corrected chi connectivity index (χ2v) is 6.00. The third-order valence-corrected chi connectivity index (χ3v) is 4.39. The van der Waals surface area contributed by atoms with Crippen LogP contribution in [0.3, 0.4) is 0 Å². The molecule has 1 aromatic rings. The van der Waals surface area contributed by atoms with Crippen molar-refractivity contribution in [2.45, 2.75) is 33.2 Å². The molecular formula is C16H22N2. The highest BCUT2D eigenvalue weighted by Crippen LogP contribution is 2.37. The van der Waals surface area contributed by atoms with Crippen molar-refractivity contribution in [1.82, 2.24) is 4.90 Å². The molecule has 18 heavy (non-hydrogen) atoms. The van der Waals surface area contributed by atoms with E-state index in [2.05, 4.69) is 56.0 Å². The lowest BCUT2D eigenvalue weighted by atomic mass is 9.73. The Kier molecular flexibility index (Phi) is 3.73. The quantitative estimate of drug-likeness (QED) is 0.792. The van der Waals surface area contributed by atoms with Gasteiger partial charge in [0.05, 0.1) is 12.0 Å². The molecule has 1 fully saturated rings. The molecule has 0 aliphatic carbocycles. The van der Waals surface area contributed by atoms with Gasteiger partial charge < -0.3 is 0 Å². The molecule has 1 aromatic carbocycles. The molecule has 0 saturated carbocycles. The molecule has 2 unspecified atom stereocenters. The monoisotopic (exact) mass is 242 g/mol. The van der Waals surface area contributed by atoms with Gasteiger partial charge in [-0.1, -0.05) is 44.2 Å². The Hall–Kier alpha value is -1.33. The smallest absolute Gasteiger partial charge is 0.0674 e. The number of rotatable bonds is 2. The van der Waals surface area contributed by atoms with Gasteiger partial charge in [-0.3, -0.25) is 4.90 Å². The van der Waals surface area contributed by atoms with Crippen molar-refractivity contribution in [3.63, 3.8) is 0 Å². The normalized spacial score (nSPS) is 25.3. The molecule has 96 valence electrons. The van der Waals surface area contributed by atoms with Crippen molar-refractivity contribution in [1.29, 1.82) is 5.26 Å². The maximum Gasteiger partial charge on any atom is 0.0674 e. The number of benzene rings is 1. The van der Waals surface area contributed by atoms with Crippen molar-refractivity contribution < 1.29 is 0 Å². The van der Waals surface area contributed by atoms with Crippen molar-refractivity contribution in [2.24, 2.45) is 11.3 Å². The van der Waals surface area contributed by atoms with Gasteiger partial charge in [0.1, 0.15) is 0 Å². The van der Waals surface area contributed by atoms with Gasteiger partial charge in [-0.05, 0) is 30.9 Å². The molecule has 1 aliphatic heterocycles. The molecule has 2 heteroatoms. The van der Waals surface area contributed by atoms with E-state index in [-0.39, 0.29) is 11.3 Å². The summed E-state index contributed by atoms with van der Waals surface area (Å²) in [6.45, 7) is 8.64. The van der Waals surface area contributed by atoms with Gasteiger partial charge in [0.15, 0.2) is 0 Å². The molecule has 2 atom stereocenters. The van der Waals surface area contributed by atoms with Crippen LogP contribution in [0.25, 0.3) is 0 Å². The number of hydrogen-bond acceptors (Lipinski definition) is 2. The second-order valence-electron chi connectivity index (χ2n) is 6.00. The molecule has 2 rings (SSSR count). The zero-order chi connectivity index (χ0) is 13.2. The van der Waals surface area contributed by atoms with Gasteiger partial charge in [-0.15, -0.1) is 0 Å². The minimum absolute atomic E-state index is 0.136. The van der Waals surface area contributed by atoms with Gasteiger partial charge in [0, 0.05) is 12.6 Å². The predicted molar refractivity (Wildman–Crippen MR) is 73.9 cm³/mol.